The van der Waals surface area contributed by atoms with Crippen LogP contribution in [0, 0.1) is 17.8 Å². The maximum atomic E-state index is 13.0. The number of nitrogens with one attached hydrogen (secondary N) is 1. The highest BCUT2D eigenvalue weighted by atomic mass is 35.5. The molecule has 0 spiro atoms. The number of allylic oxidation sites excluding steroid dienone is 2. The fraction of sp³-hybridized carbons (Fsp3) is 0.500. The van der Waals surface area contributed by atoms with E-state index in [1.807, 2.05) is 11.0 Å². The number of benzene rings is 1. The van der Waals surface area contributed by atoms with Crippen LogP contribution in [0.4, 0.5) is 5.69 Å². The second-order valence-electron chi connectivity index (χ2n) is 7.04. The second-order valence-corrected chi connectivity index (χ2v) is 7.88. The number of amides is 2. The number of nitrogens with zero attached hydrogens (tertiary/aromatic N) is 1. The summed E-state index contributed by atoms with van der Waals surface area (Å²) in [6.07, 6.45) is 7.68. The van der Waals surface area contributed by atoms with E-state index in [9.17, 15) is 9.59 Å². The molecule has 1 fully saturated rings. The smallest absolute Gasteiger partial charge is 0.228 e. The minimum atomic E-state index is -0.367. The third-order valence-corrected chi connectivity index (χ3v) is 5.85. The number of carbonyl (C=O) groups excluding carboxylic acids is 2. The molecular formula is C20H24Cl2N2O2. The SMILES string of the molecule is CCCCN1CCC2C=CCC(C(=O)Nc3ccc(Cl)cc3Cl)C2C1=O. The summed E-state index contributed by atoms with van der Waals surface area (Å²) in [5.41, 5.74) is 0.526. The Morgan fingerprint density at radius 3 is 2.88 bits per heavy atom. The van der Waals surface area contributed by atoms with E-state index < -0.39 is 0 Å². The Hall–Kier alpha value is -1.52. The number of hydrogen-bond acceptors (Lipinski definition) is 2. The van der Waals surface area contributed by atoms with Crippen molar-refractivity contribution in [2.45, 2.75) is 32.6 Å². The summed E-state index contributed by atoms with van der Waals surface area (Å²) in [6.45, 7) is 3.67. The van der Waals surface area contributed by atoms with Crippen LogP contribution in [0.15, 0.2) is 30.4 Å². The van der Waals surface area contributed by atoms with Gasteiger partial charge in [-0.25, -0.2) is 0 Å². The van der Waals surface area contributed by atoms with Gasteiger partial charge in [-0.1, -0.05) is 48.7 Å². The van der Waals surface area contributed by atoms with Crippen LogP contribution in [0.5, 0.6) is 0 Å². The predicted octanol–water partition coefficient (Wildman–Crippen LogP) is 4.77. The highest BCUT2D eigenvalue weighted by molar-refractivity contribution is 6.36. The van der Waals surface area contributed by atoms with Crippen LogP contribution in [-0.4, -0.2) is 29.8 Å². The van der Waals surface area contributed by atoms with Gasteiger partial charge >= 0.3 is 0 Å². The minimum Gasteiger partial charge on any atom is -0.342 e. The van der Waals surface area contributed by atoms with E-state index in [1.165, 1.54) is 0 Å². The molecule has 26 heavy (non-hydrogen) atoms. The average molecular weight is 395 g/mol. The summed E-state index contributed by atoms with van der Waals surface area (Å²) in [7, 11) is 0. The molecule has 1 aromatic rings. The van der Waals surface area contributed by atoms with Crippen LogP contribution in [0.2, 0.25) is 10.0 Å². The van der Waals surface area contributed by atoms with E-state index in [0.717, 1.165) is 32.4 Å². The lowest BCUT2D eigenvalue weighted by Gasteiger charge is -2.41. The number of rotatable bonds is 5. The number of hydrogen-bond donors (Lipinski definition) is 1. The first kappa shape index (κ1) is 19.2. The van der Waals surface area contributed by atoms with Crippen molar-refractivity contribution in [2.75, 3.05) is 18.4 Å². The van der Waals surface area contributed by atoms with Crippen LogP contribution in [0.3, 0.4) is 0 Å². The summed E-state index contributed by atoms with van der Waals surface area (Å²) in [6, 6.07) is 4.97. The molecule has 1 heterocycles. The molecule has 6 heteroatoms. The molecule has 2 amide bonds. The Balaban J connectivity index is 1.76. The highest BCUT2D eigenvalue weighted by Crippen LogP contribution is 2.38. The summed E-state index contributed by atoms with van der Waals surface area (Å²) in [5, 5.41) is 3.80. The van der Waals surface area contributed by atoms with E-state index in [4.69, 9.17) is 23.2 Å². The van der Waals surface area contributed by atoms with Gasteiger partial charge in [0.1, 0.15) is 0 Å². The van der Waals surface area contributed by atoms with Crippen LogP contribution >= 0.6 is 23.2 Å². The maximum Gasteiger partial charge on any atom is 0.228 e. The first-order chi connectivity index (χ1) is 12.5. The molecule has 1 aliphatic heterocycles. The zero-order chi connectivity index (χ0) is 18.7. The van der Waals surface area contributed by atoms with Crippen molar-refractivity contribution in [1.82, 2.24) is 4.90 Å². The topological polar surface area (TPSA) is 49.4 Å². The number of carbonyl (C=O) groups is 2. The Morgan fingerprint density at radius 2 is 2.15 bits per heavy atom. The third-order valence-electron chi connectivity index (χ3n) is 5.30. The maximum absolute atomic E-state index is 13.0. The molecule has 2 aliphatic rings. The minimum absolute atomic E-state index is 0.112. The van der Waals surface area contributed by atoms with Gasteiger partial charge in [0.25, 0.3) is 0 Å². The summed E-state index contributed by atoms with van der Waals surface area (Å²) in [4.78, 5) is 27.9. The van der Waals surface area contributed by atoms with E-state index in [2.05, 4.69) is 18.3 Å². The molecule has 0 bridgehead atoms. The van der Waals surface area contributed by atoms with Crippen molar-refractivity contribution in [1.29, 1.82) is 0 Å². The lowest BCUT2D eigenvalue weighted by molar-refractivity contribution is -0.146. The Bertz CT molecular complexity index is 720. The molecule has 1 aliphatic carbocycles. The number of likely N-dealkylation sites (tertiary alicyclic amines) is 1. The molecule has 3 rings (SSSR count). The molecule has 4 nitrogen and oxygen atoms in total. The van der Waals surface area contributed by atoms with E-state index in [-0.39, 0.29) is 29.6 Å². The average Bonchev–Trinajstić information content (AvgIpc) is 2.63. The molecule has 3 atom stereocenters. The molecule has 140 valence electrons. The number of halogens is 2. The van der Waals surface area contributed by atoms with Crippen LogP contribution in [0.25, 0.3) is 0 Å². The monoisotopic (exact) mass is 394 g/mol. The quantitative estimate of drug-likeness (QED) is 0.730. The van der Waals surface area contributed by atoms with Gasteiger partial charge in [-0.15, -0.1) is 0 Å². The van der Waals surface area contributed by atoms with Crippen LogP contribution < -0.4 is 5.32 Å². The number of piperidine rings is 1. The third kappa shape index (κ3) is 4.07. The predicted molar refractivity (Wildman–Crippen MR) is 105 cm³/mol. The first-order valence-electron chi connectivity index (χ1n) is 9.22. The molecule has 1 N–H and O–H groups in total. The van der Waals surface area contributed by atoms with Crippen LogP contribution in [0.1, 0.15) is 32.6 Å². The summed E-state index contributed by atoms with van der Waals surface area (Å²) >= 11 is 12.1. The molecule has 0 saturated carbocycles. The molecule has 1 saturated heterocycles. The molecule has 0 aromatic heterocycles. The Kier molecular flexibility index (Phi) is 6.25. The van der Waals surface area contributed by atoms with E-state index in [0.29, 0.717) is 22.2 Å². The van der Waals surface area contributed by atoms with Crippen molar-refractivity contribution in [3.8, 4) is 0 Å². The van der Waals surface area contributed by atoms with Gasteiger partial charge in [-0.2, -0.15) is 0 Å². The summed E-state index contributed by atoms with van der Waals surface area (Å²) in [5.74, 6) is -0.545. The first-order valence-corrected chi connectivity index (χ1v) is 9.98. The number of anilines is 1. The lowest BCUT2D eigenvalue weighted by Crippen LogP contribution is -2.51. The number of fused-ring (bicyclic) bond motifs is 1. The molecule has 1 aromatic carbocycles. The molecule has 3 unspecified atom stereocenters. The van der Waals surface area contributed by atoms with Crippen molar-refractivity contribution >= 4 is 40.7 Å². The van der Waals surface area contributed by atoms with Gasteiger partial charge in [0.05, 0.1) is 22.5 Å². The normalized spacial score (nSPS) is 25.1. The van der Waals surface area contributed by atoms with Gasteiger partial charge in [0.15, 0.2) is 0 Å². The van der Waals surface area contributed by atoms with Gasteiger partial charge < -0.3 is 10.2 Å². The lowest BCUT2D eigenvalue weighted by atomic mass is 9.71. The highest BCUT2D eigenvalue weighted by Gasteiger charge is 2.44. The van der Waals surface area contributed by atoms with E-state index >= 15 is 0 Å². The van der Waals surface area contributed by atoms with Gasteiger partial charge in [-0.05, 0) is 43.4 Å². The summed E-state index contributed by atoms with van der Waals surface area (Å²) < 4.78 is 0. The van der Waals surface area contributed by atoms with Gasteiger partial charge in [-0.3, -0.25) is 9.59 Å². The Labute approximate surface area is 164 Å². The van der Waals surface area contributed by atoms with Crippen molar-refractivity contribution < 1.29 is 9.59 Å². The molecule has 0 radical (unpaired) electrons. The van der Waals surface area contributed by atoms with Crippen LogP contribution in [-0.2, 0) is 9.59 Å². The number of unbranched alkanes of at least 4 members (excludes halogenated alkanes) is 1. The largest absolute Gasteiger partial charge is 0.342 e. The second kappa shape index (κ2) is 8.45. The van der Waals surface area contributed by atoms with Gasteiger partial charge in [0.2, 0.25) is 11.8 Å². The zero-order valence-corrected chi connectivity index (χ0v) is 16.4. The molecular weight excluding hydrogens is 371 g/mol. The Morgan fingerprint density at radius 1 is 1.35 bits per heavy atom. The van der Waals surface area contributed by atoms with Crippen molar-refractivity contribution in [3.63, 3.8) is 0 Å². The van der Waals surface area contributed by atoms with Crippen molar-refractivity contribution in [2.24, 2.45) is 17.8 Å². The zero-order valence-electron chi connectivity index (χ0n) is 14.9. The fourth-order valence-corrected chi connectivity index (χ4v) is 4.33. The van der Waals surface area contributed by atoms with Gasteiger partial charge in [0, 0.05) is 18.1 Å². The van der Waals surface area contributed by atoms with E-state index in [1.54, 1.807) is 18.2 Å². The van der Waals surface area contributed by atoms with Crippen molar-refractivity contribution in [3.05, 3.63) is 40.4 Å². The fourth-order valence-electron chi connectivity index (χ4n) is 3.88. The standard InChI is InChI=1S/C20H24Cl2N2O2/c1-2-3-10-24-11-9-13-5-4-6-15(18(13)20(24)26)19(25)23-17-8-7-14(21)12-16(17)22/h4-5,7-8,12-13,15,18H,2-3,6,9-11H2,1H3,(H,23,25).